The average molecular weight is 257 g/mol. The molecule has 4 nitrogen and oxygen atoms in total. The van der Waals surface area contributed by atoms with E-state index >= 15 is 0 Å². The third-order valence-corrected chi connectivity index (χ3v) is 3.44. The van der Waals surface area contributed by atoms with Gasteiger partial charge in [-0.3, -0.25) is 4.79 Å². The van der Waals surface area contributed by atoms with Crippen LogP contribution in [-0.4, -0.2) is 11.0 Å². The average Bonchev–Trinajstić information content (AvgIpc) is 3.04. The largest absolute Gasteiger partial charge is 0.466 e. The highest BCUT2D eigenvalue weighted by atomic mass is 16.4. The molecule has 2 heterocycles. The van der Waals surface area contributed by atoms with Gasteiger partial charge in [-0.1, -0.05) is 19.1 Å². The van der Waals surface area contributed by atoms with Crippen LogP contribution in [-0.2, 0) is 17.6 Å². The van der Waals surface area contributed by atoms with Crippen LogP contribution in [0.3, 0.4) is 0 Å². The fourth-order valence-corrected chi connectivity index (χ4v) is 2.46. The fourth-order valence-electron chi connectivity index (χ4n) is 2.46. The fraction of sp³-hybridized carbons (Fsp3) is 0.267. The Balaban J connectivity index is 2.10. The number of nitrogens with one attached hydrogen (secondary N) is 1. The van der Waals surface area contributed by atoms with Gasteiger partial charge >= 0.3 is 0 Å². The maximum Gasteiger partial charge on any atom is 0.228 e. The van der Waals surface area contributed by atoms with Gasteiger partial charge in [-0.2, -0.15) is 0 Å². The second kappa shape index (κ2) is 4.55. The van der Waals surface area contributed by atoms with Crippen molar-refractivity contribution in [3.8, 4) is 0 Å². The molecule has 1 unspecified atom stereocenters. The van der Waals surface area contributed by atoms with E-state index in [9.17, 15) is 9.90 Å². The molecule has 1 aliphatic rings. The standard InChI is InChI=1S/C15H15NO3/c1-2-9-6-10-8-13(17)16-14(10)11(7-9)15(18)12-4-3-5-19-12/h3-7,15,18H,2,8H2,1H3,(H,16,17). The van der Waals surface area contributed by atoms with E-state index in [1.54, 1.807) is 12.1 Å². The van der Waals surface area contributed by atoms with Crippen molar-refractivity contribution in [1.29, 1.82) is 0 Å². The monoisotopic (exact) mass is 257 g/mol. The van der Waals surface area contributed by atoms with Crippen molar-refractivity contribution in [3.05, 3.63) is 53.0 Å². The molecule has 1 aliphatic heterocycles. The van der Waals surface area contributed by atoms with Crippen molar-refractivity contribution in [1.82, 2.24) is 0 Å². The Morgan fingerprint density at radius 1 is 1.47 bits per heavy atom. The predicted molar refractivity (Wildman–Crippen MR) is 70.9 cm³/mol. The molecule has 0 fully saturated rings. The number of benzene rings is 1. The summed E-state index contributed by atoms with van der Waals surface area (Å²) in [7, 11) is 0. The molecule has 19 heavy (non-hydrogen) atoms. The Labute approximate surface area is 111 Å². The molecule has 0 saturated heterocycles. The van der Waals surface area contributed by atoms with Crippen molar-refractivity contribution in [2.24, 2.45) is 0 Å². The summed E-state index contributed by atoms with van der Waals surface area (Å²) in [6, 6.07) is 7.41. The lowest BCUT2D eigenvalue weighted by Crippen LogP contribution is -2.07. The van der Waals surface area contributed by atoms with Gasteiger partial charge in [0.2, 0.25) is 5.91 Å². The van der Waals surface area contributed by atoms with E-state index in [-0.39, 0.29) is 5.91 Å². The van der Waals surface area contributed by atoms with E-state index in [2.05, 4.69) is 12.2 Å². The first-order valence-corrected chi connectivity index (χ1v) is 6.36. The summed E-state index contributed by atoms with van der Waals surface area (Å²) in [5.74, 6) is 0.452. The van der Waals surface area contributed by atoms with Gasteiger partial charge in [0, 0.05) is 5.56 Å². The van der Waals surface area contributed by atoms with Crippen molar-refractivity contribution >= 4 is 11.6 Å². The number of hydrogen-bond acceptors (Lipinski definition) is 3. The van der Waals surface area contributed by atoms with Gasteiger partial charge in [-0.15, -0.1) is 0 Å². The second-order valence-corrected chi connectivity index (χ2v) is 4.72. The maximum atomic E-state index is 11.5. The van der Waals surface area contributed by atoms with E-state index in [4.69, 9.17) is 4.42 Å². The van der Waals surface area contributed by atoms with Crippen LogP contribution in [0, 0.1) is 0 Å². The Hall–Kier alpha value is -2.07. The van der Waals surface area contributed by atoms with Crippen LogP contribution in [0.1, 0.15) is 35.5 Å². The molecule has 1 aromatic heterocycles. The van der Waals surface area contributed by atoms with Crippen LogP contribution in [0.2, 0.25) is 0 Å². The number of aliphatic hydroxyl groups is 1. The van der Waals surface area contributed by atoms with Crippen molar-refractivity contribution < 1.29 is 14.3 Å². The van der Waals surface area contributed by atoms with Crippen LogP contribution >= 0.6 is 0 Å². The Kier molecular flexibility index (Phi) is 2.87. The van der Waals surface area contributed by atoms with E-state index in [1.807, 2.05) is 12.1 Å². The molecule has 1 atom stereocenters. The normalized spacial score (nSPS) is 15.2. The van der Waals surface area contributed by atoms with Gasteiger partial charge in [0.05, 0.1) is 18.4 Å². The zero-order valence-electron chi connectivity index (χ0n) is 10.6. The summed E-state index contributed by atoms with van der Waals surface area (Å²) in [4.78, 5) is 11.5. The lowest BCUT2D eigenvalue weighted by atomic mass is 9.97. The maximum absolute atomic E-state index is 11.5. The first-order valence-electron chi connectivity index (χ1n) is 6.36. The van der Waals surface area contributed by atoms with Crippen molar-refractivity contribution in [2.45, 2.75) is 25.9 Å². The smallest absolute Gasteiger partial charge is 0.228 e. The van der Waals surface area contributed by atoms with Crippen LogP contribution in [0.25, 0.3) is 0 Å². The summed E-state index contributed by atoms with van der Waals surface area (Å²) in [6.07, 6.45) is 1.91. The molecule has 1 amide bonds. The van der Waals surface area contributed by atoms with Gasteiger partial charge < -0.3 is 14.8 Å². The van der Waals surface area contributed by atoms with E-state index in [1.165, 1.54) is 6.26 Å². The number of amides is 1. The molecule has 0 bridgehead atoms. The molecule has 2 N–H and O–H groups in total. The lowest BCUT2D eigenvalue weighted by Gasteiger charge is -2.15. The van der Waals surface area contributed by atoms with Crippen LogP contribution in [0.15, 0.2) is 34.9 Å². The molecular weight excluding hydrogens is 242 g/mol. The van der Waals surface area contributed by atoms with E-state index in [0.29, 0.717) is 17.7 Å². The molecule has 1 aromatic carbocycles. The van der Waals surface area contributed by atoms with Crippen LogP contribution in [0.4, 0.5) is 5.69 Å². The first-order chi connectivity index (χ1) is 9.19. The quantitative estimate of drug-likeness (QED) is 0.887. The number of rotatable bonds is 3. The van der Waals surface area contributed by atoms with Gasteiger partial charge in [0.15, 0.2) is 0 Å². The Bertz CT molecular complexity index is 617. The molecule has 4 heteroatoms. The summed E-state index contributed by atoms with van der Waals surface area (Å²) >= 11 is 0. The third-order valence-electron chi connectivity index (χ3n) is 3.44. The Morgan fingerprint density at radius 3 is 3.00 bits per heavy atom. The number of aryl methyl sites for hydroxylation is 1. The Morgan fingerprint density at radius 2 is 2.32 bits per heavy atom. The lowest BCUT2D eigenvalue weighted by molar-refractivity contribution is -0.115. The zero-order valence-corrected chi connectivity index (χ0v) is 10.6. The van der Waals surface area contributed by atoms with Gasteiger partial charge in [-0.25, -0.2) is 0 Å². The van der Waals surface area contributed by atoms with Gasteiger partial charge in [0.25, 0.3) is 0 Å². The highest BCUT2D eigenvalue weighted by Crippen LogP contribution is 2.35. The van der Waals surface area contributed by atoms with Crippen LogP contribution in [0.5, 0.6) is 0 Å². The minimum absolute atomic E-state index is 0.0313. The number of hydrogen-bond donors (Lipinski definition) is 2. The molecule has 0 spiro atoms. The topological polar surface area (TPSA) is 62.5 Å². The number of anilines is 1. The number of carbonyl (C=O) groups excluding carboxylic acids is 1. The van der Waals surface area contributed by atoms with Gasteiger partial charge in [-0.05, 0) is 29.7 Å². The van der Waals surface area contributed by atoms with E-state index < -0.39 is 6.10 Å². The molecule has 98 valence electrons. The number of aliphatic hydroxyl groups excluding tert-OH is 1. The highest BCUT2D eigenvalue weighted by Gasteiger charge is 2.26. The molecule has 0 radical (unpaired) electrons. The minimum Gasteiger partial charge on any atom is -0.466 e. The number of fused-ring (bicyclic) bond motifs is 1. The van der Waals surface area contributed by atoms with Crippen LogP contribution < -0.4 is 5.32 Å². The highest BCUT2D eigenvalue weighted by molar-refractivity contribution is 6.00. The molecular formula is C15H15NO3. The van der Waals surface area contributed by atoms with Crippen molar-refractivity contribution in [3.63, 3.8) is 0 Å². The third kappa shape index (κ3) is 2.04. The van der Waals surface area contributed by atoms with E-state index in [0.717, 1.165) is 23.2 Å². The summed E-state index contributed by atoms with van der Waals surface area (Å²) in [5.41, 5.74) is 3.49. The molecule has 3 rings (SSSR count). The minimum atomic E-state index is -0.853. The SMILES string of the molecule is CCc1cc2c(c(C(O)c3ccco3)c1)NC(=O)C2. The zero-order chi connectivity index (χ0) is 13.4. The van der Waals surface area contributed by atoms with Crippen molar-refractivity contribution in [2.75, 3.05) is 5.32 Å². The number of carbonyl (C=O) groups is 1. The number of furan rings is 1. The predicted octanol–water partition coefficient (Wildman–Crippen LogP) is 2.42. The molecule has 2 aromatic rings. The second-order valence-electron chi connectivity index (χ2n) is 4.72. The summed E-state index contributed by atoms with van der Waals surface area (Å²) in [5, 5.41) is 13.2. The summed E-state index contributed by atoms with van der Waals surface area (Å²) in [6.45, 7) is 2.05. The molecule has 0 saturated carbocycles. The summed E-state index contributed by atoms with van der Waals surface area (Å²) < 4.78 is 5.25. The van der Waals surface area contributed by atoms with Gasteiger partial charge in [0.1, 0.15) is 11.9 Å². The molecule has 0 aliphatic carbocycles. The first kappa shape index (κ1) is 12.0.